The van der Waals surface area contributed by atoms with Crippen LogP contribution >= 0.6 is 0 Å². The van der Waals surface area contributed by atoms with Crippen molar-refractivity contribution >= 4 is 27.6 Å². The van der Waals surface area contributed by atoms with Gasteiger partial charge < -0.3 is 9.64 Å². The topological polar surface area (TPSA) is 84.0 Å². The maximum absolute atomic E-state index is 14.3. The number of piperidine rings is 1. The number of esters is 1. The molecule has 1 heterocycles. The number of para-hydroxylation sites is 1. The minimum atomic E-state index is -3.89. The van der Waals surface area contributed by atoms with E-state index in [9.17, 15) is 22.4 Å². The Morgan fingerprint density at radius 2 is 1.89 bits per heavy atom. The summed E-state index contributed by atoms with van der Waals surface area (Å²) < 4.78 is 44.6. The molecular formula is C18H25FN2O5S. The molecule has 7 nitrogen and oxygen atoms in total. The van der Waals surface area contributed by atoms with Gasteiger partial charge in [-0.15, -0.1) is 0 Å². The van der Waals surface area contributed by atoms with Crippen molar-refractivity contribution in [3.63, 3.8) is 0 Å². The Balaban J connectivity index is 2.26. The van der Waals surface area contributed by atoms with Crippen LogP contribution in [0.15, 0.2) is 24.3 Å². The van der Waals surface area contributed by atoms with Crippen molar-refractivity contribution in [1.29, 1.82) is 0 Å². The predicted octanol–water partition coefficient (Wildman–Crippen LogP) is 1.78. The number of amides is 1. The lowest BCUT2D eigenvalue weighted by atomic mass is 9.96. The van der Waals surface area contributed by atoms with Gasteiger partial charge in [0, 0.05) is 13.1 Å². The van der Waals surface area contributed by atoms with Crippen molar-refractivity contribution in [2.24, 2.45) is 5.92 Å². The molecule has 1 unspecified atom stereocenters. The van der Waals surface area contributed by atoms with E-state index in [0.29, 0.717) is 25.9 Å². The van der Waals surface area contributed by atoms with Crippen LogP contribution in [0.25, 0.3) is 0 Å². The van der Waals surface area contributed by atoms with Gasteiger partial charge in [-0.05, 0) is 31.4 Å². The van der Waals surface area contributed by atoms with Gasteiger partial charge in [0.2, 0.25) is 15.9 Å². The molecule has 1 fully saturated rings. The highest BCUT2D eigenvalue weighted by atomic mass is 32.2. The summed E-state index contributed by atoms with van der Waals surface area (Å²) in [7, 11) is -2.57. The summed E-state index contributed by atoms with van der Waals surface area (Å²) in [5.74, 6) is -1.68. The van der Waals surface area contributed by atoms with Crippen molar-refractivity contribution in [3.8, 4) is 0 Å². The molecule has 1 aromatic carbocycles. The SMILES string of the molecule is CCC(C(=O)N1CCC(C(=O)OC)CC1)N(c1ccccc1F)S(C)(=O)=O. The number of hydrogen-bond donors (Lipinski definition) is 0. The van der Waals surface area contributed by atoms with Crippen LogP contribution in [0.4, 0.5) is 10.1 Å². The van der Waals surface area contributed by atoms with Crippen LogP contribution in [0.3, 0.4) is 0 Å². The first kappa shape index (κ1) is 21.1. The largest absolute Gasteiger partial charge is 0.469 e. The van der Waals surface area contributed by atoms with E-state index < -0.39 is 27.8 Å². The Labute approximate surface area is 159 Å². The lowest BCUT2D eigenvalue weighted by molar-refractivity contribution is -0.149. The smallest absolute Gasteiger partial charge is 0.308 e. The van der Waals surface area contributed by atoms with Gasteiger partial charge in [-0.3, -0.25) is 13.9 Å². The summed E-state index contributed by atoms with van der Waals surface area (Å²) in [5, 5.41) is 0. The quantitative estimate of drug-likeness (QED) is 0.680. The zero-order chi connectivity index (χ0) is 20.2. The summed E-state index contributed by atoms with van der Waals surface area (Å²) in [4.78, 5) is 26.2. The van der Waals surface area contributed by atoms with Crippen LogP contribution in [0.1, 0.15) is 26.2 Å². The van der Waals surface area contributed by atoms with Crippen molar-refractivity contribution < 1.29 is 27.1 Å². The molecule has 0 aliphatic carbocycles. The summed E-state index contributed by atoms with van der Waals surface area (Å²) in [6.45, 7) is 2.33. The number of ether oxygens (including phenoxy) is 1. The Hall–Kier alpha value is -2.16. The lowest BCUT2D eigenvalue weighted by Crippen LogP contribution is -2.53. The molecule has 0 bridgehead atoms. The van der Waals surface area contributed by atoms with Gasteiger partial charge in [-0.2, -0.15) is 0 Å². The number of methoxy groups -OCH3 is 1. The summed E-state index contributed by atoms with van der Waals surface area (Å²) in [5.41, 5.74) is -0.148. The third kappa shape index (κ3) is 4.77. The van der Waals surface area contributed by atoms with E-state index in [1.54, 1.807) is 6.92 Å². The third-order valence-electron chi connectivity index (χ3n) is 4.74. The monoisotopic (exact) mass is 400 g/mol. The number of likely N-dealkylation sites (tertiary alicyclic amines) is 1. The number of hydrogen-bond acceptors (Lipinski definition) is 5. The molecule has 27 heavy (non-hydrogen) atoms. The van der Waals surface area contributed by atoms with Crippen LogP contribution in [-0.2, 0) is 24.3 Å². The zero-order valence-electron chi connectivity index (χ0n) is 15.7. The summed E-state index contributed by atoms with van der Waals surface area (Å²) in [6, 6.07) is 4.43. The maximum atomic E-state index is 14.3. The van der Waals surface area contributed by atoms with Gasteiger partial charge in [0.15, 0.2) is 0 Å². The number of carbonyl (C=O) groups excluding carboxylic acids is 2. The van der Waals surface area contributed by atoms with E-state index in [2.05, 4.69) is 0 Å². The Bertz CT molecular complexity index is 791. The molecule has 9 heteroatoms. The second-order valence-electron chi connectivity index (χ2n) is 6.56. The Morgan fingerprint density at radius 3 is 2.37 bits per heavy atom. The number of sulfonamides is 1. The van der Waals surface area contributed by atoms with E-state index in [1.807, 2.05) is 0 Å². The summed E-state index contributed by atoms with van der Waals surface area (Å²) >= 11 is 0. The summed E-state index contributed by atoms with van der Waals surface area (Å²) in [6.07, 6.45) is 2.05. The van der Waals surface area contributed by atoms with Gasteiger partial charge in [-0.1, -0.05) is 19.1 Å². The van der Waals surface area contributed by atoms with Gasteiger partial charge in [-0.25, -0.2) is 12.8 Å². The molecule has 1 amide bonds. The molecule has 1 aromatic rings. The number of rotatable bonds is 6. The molecule has 0 aromatic heterocycles. The number of benzene rings is 1. The zero-order valence-corrected chi connectivity index (χ0v) is 16.5. The minimum absolute atomic E-state index is 0.148. The second kappa shape index (κ2) is 8.69. The third-order valence-corrected chi connectivity index (χ3v) is 5.91. The van der Waals surface area contributed by atoms with E-state index in [1.165, 1.54) is 30.2 Å². The van der Waals surface area contributed by atoms with Crippen LogP contribution < -0.4 is 4.31 Å². The molecule has 1 aliphatic rings. The highest BCUT2D eigenvalue weighted by molar-refractivity contribution is 7.92. The standard InChI is InChI=1S/C18H25FN2O5S/c1-4-15(17(22)20-11-9-13(10-12-20)18(23)26-2)21(27(3,24)25)16-8-6-5-7-14(16)19/h5-8,13,15H,4,9-12H2,1-3H3. The molecule has 0 saturated carbocycles. The van der Waals surface area contributed by atoms with Crippen LogP contribution in [-0.4, -0.2) is 57.7 Å². The van der Waals surface area contributed by atoms with Crippen LogP contribution in [0, 0.1) is 11.7 Å². The Kier molecular flexibility index (Phi) is 6.80. The fourth-order valence-electron chi connectivity index (χ4n) is 3.36. The molecule has 1 saturated heterocycles. The highest BCUT2D eigenvalue weighted by Crippen LogP contribution is 2.27. The van der Waals surface area contributed by atoms with E-state index in [0.717, 1.165) is 16.6 Å². The molecular weight excluding hydrogens is 375 g/mol. The molecule has 1 atom stereocenters. The minimum Gasteiger partial charge on any atom is -0.469 e. The first-order valence-electron chi connectivity index (χ1n) is 8.81. The molecule has 0 spiro atoms. The van der Waals surface area contributed by atoms with Gasteiger partial charge in [0.1, 0.15) is 11.9 Å². The first-order chi connectivity index (χ1) is 12.7. The van der Waals surface area contributed by atoms with Crippen molar-refractivity contribution in [2.45, 2.75) is 32.2 Å². The average Bonchev–Trinajstić information content (AvgIpc) is 2.65. The average molecular weight is 400 g/mol. The molecule has 150 valence electrons. The number of anilines is 1. The van der Waals surface area contributed by atoms with Gasteiger partial charge >= 0.3 is 5.97 Å². The maximum Gasteiger partial charge on any atom is 0.308 e. The van der Waals surface area contributed by atoms with Gasteiger partial charge in [0.05, 0.1) is 25.0 Å². The number of carbonyl (C=O) groups is 2. The van der Waals surface area contributed by atoms with Crippen molar-refractivity contribution in [1.82, 2.24) is 4.90 Å². The lowest BCUT2D eigenvalue weighted by Gasteiger charge is -2.37. The number of nitrogens with zero attached hydrogens (tertiary/aromatic N) is 2. The molecule has 0 N–H and O–H groups in total. The van der Waals surface area contributed by atoms with Crippen LogP contribution in [0.2, 0.25) is 0 Å². The molecule has 0 radical (unpaired) electrons. The second-order valence-corrected chi connectivity index (χ2v) is 8.42. The van der Waals surface area contributed by atoms with E-state index in [4.69, 9.17) is 4.74 Å². The van der Waals surface area contributed by atoms with Crippen molar-refractivity contribution in [3.05, 3.63) is 30.1 Å². The van der Waals surface area contributed by atoms with Crippen LogP contribution in [0.5, 0.6) is 0 Å². The Morgan fingerprint density at radius 1 is 1.30 bits per heavy atom. The molecule has 2 rings (SSSR count). The molecule has 1 aliphatic heterocycles. The first-order valence-corrected chi connectivity index (χ1v) is 10.7. The fourth-order valence-corrected chi connectivity index (χ4v) is 4.57. The van der Waals surface area contributed by atoms with E-state index in [-0.39, 0.29) is 24.0 Å². The van der Waals surface area contributed by atoms with Gasteiger partial charge in [0.25, 0.3) is 0 Å². The highest BCUT2D eigenvalue weighted by Gasteiger charge is 2.37. The number of halogens is 1. The normalized spacial score (nSPS) is 16.7. The predicted molar refractivity (Wildman–Crippen MR) is 99.1 cm³/mol. The van der Waals surface area contributed by atoms with E-state index >= 15 is 0 Å². The fraction of sp³-hybridized carbons (Fsp3) is 0.556. The van der Waals surface area contributed by atoms with Crippen molar-refractivity contribution in [2.75, 3.05) is 30.8 Å².